The van der Waals surface area contributed by atoms with Crippen LogP contribution >= 0.6 is 0 Å². The van der Waals surface area contributed by atoms with E-state index in [1.165, 1.54) is 32.5 Å². The zero-order chi connectivity index (χ0) is 8.97. The van der Waals surface area contributed by atoms with Crippen molar-refractivity contribution >= 4 is 0 Å². The zero-order valence-corrected chi connectivity index (χ0v) is 8.64. The van der Waals surface area contributed by atoms with E-state index in [1.807, 2.05) is 0 Å². The van der Waals surface area contributed by atoms with Crippen LogP contribution in [0.1, 0.15) is 26.7 Å². The van der Waals surface area contributed by atoms with Gasteiger partial charge in [-0.15, -0.1) is 0 Å². The number of hydrogen-bond acceptors (Lipinski definition) is 2. The molecular formula is C10H22N2. The van der Waals surface area contributed by atoms with Gasteiger partial charge in [0.1, 0.15) is 0 Å². The number of hydrogen-bond donors (Lipinski definition) is 1. The Bertz CT molecular complexity index is 125. The van der Waals surface area contributed by atoms with Crippen LogP contribution in [0.25, 0.3) is 0 Å². The van der Waals surface area contributed by atoms with Gasteiger partial charge < -0.3 is 10.2 Å². The molecule has 0 aromatic rings. The van der Waals surface area contributed by atoms with Crippen LogP contribution in [0.3, 0.4) is 0 Å². The molecule has 0 bridgehead atoms. The van der Waals surface area contributed by atoms with Crippen LogP contribution in [0.2, 0.25) is 0 Å². The van der Waals surface area contributed by atoms with Gasteiger partial charge in [0, 0.05) is 12.6 Å². The summed E-state index contributed by atoms with van der Waals surface area (Å²) in [7, 11) is 2.25. The van der Waals surface area contributed by atoms with E-state index in [1.54, 1.807) is 0 Å². The second-order valence-electron chi connectivity index (χ2n) is 3.87. The van der Waals surface area contributed by atoms with E-state index < -0.39 is 0 Å². The fraction of sp³-hybridized carbons (Fsp3) is 1.00. The Balaban J connectivity index is 2.38. The van der Waals surface area contributed by atoms with E-state index in [4.69, 9.17) is 0 Å². The lowest BCUT2D eigenvalue weighted by Gasteiger charge is -2.27. The molecule has 1 rings (SSSR count). The van der Waals surface area contributed by atoms with Crippen molar-refractivity contribution in [2.45, 2.75) is 32.7 Å². The van der Waals surface area contributed by atoms with Gasteiger partial charge in [0.15, 0.2) is 0 Å². The number of likely N-dealkylation sites (N-methyl/N-ethyl adjacent to an activating group) is 1. The standard InChI is InChI=1S/C10H22N2/c1-4-6-12(3)10-8-11-7-9(10)5-2/h9-11H,4-8H2,1-3H3. The first-order chi connectivity index (χ1) is 5.79. The van der Waals surface area contributed by atoms with Gasteiger partial charge in [-0.3, -0.25) is 0 Å². The average molecular weight is 170 g/mol. The molecule has 0 spiro atoms. The molecule has 0 aliphatic carbocycles. The predicted molar refractivity (Wildman–Crippen MR) is 53.4 cm³/mol. The Morgan fingerprint density at radius 3 is 2.67 bits per heavy atom. The van der Waals surface area contributed by atoms with Gasteiger partial charge >= 0.3 is 0 Å². The Morgan fingerprint density at radius 1 is 1.33 bits per heavy atom. The molecule has 72 valence electrons. The largest absolute Gasteiger partial charge is 0.315 e. The van der Waals surface area contributed by atoms with Crippen LogP contribution < -0.4 is 5.32 Å². The smallest absolute Gasteiger partial charge is 0.0257 e. The Morgan fingerprint density at radius 2 is 2.08 bits per heavy atom. The second kappa shape index (κ2) is 4.83. The fourth-order valence-corrected chi connectivity index (χ4v) is 2.17. The van der Waals surface area contributed by atoms with Gasteiger partial charge in [-0.05, 0) is 32.5 Å². The van der Waals surface area contributed by atoms with Crippen molar-refractivity contribution in [3.63, 3.8) is 0 Å². The van der Waals surface area contributed by atoms with Crippen molar-refractivity contribution in [1.29, 1.82) is 0 Å². The quantitative estimate of drug-likeness (QED) is 0.684. The first-order valence-electron chi connectivity index (χ1n) is 5.20. The van der Waals surface area contributed by atoms with Gasteiger partial charge in [-0.2, -0.15) is 0 Å². The maximum absolute atomic E-state index is 3.47. The first kappa shape index (κ1) is 10.0. The molecule has 2 unspecified atom stereocenters. The van der Waals surface area contributed by atoms with Crippen molar-refractivity contribution < 1.29 is 0 Å². The topological polar surface area (TPSA) is 15.3 Å². The van der Waals surface area contributed by atoms with Crippen molar-refractivity contribution in [1.82, 2.24) is 10.2 Å². The Kier molecular flexibility index (Phi) is 4.02. The minimum atomic E-state index is 0.787. The molecule has 1 N–H and O–H groups in total. The van der Waals surface area contributed by atoms with E-state index in [0.29, 0.717) is 0 Å². The first-order valence-corrected chi connectivity index (χ1v) is 5.20. The third-order valence-corrected chi connectivity index (χ3v) is 2.97. The molecular weight excluding hydrogens is 148 g/mol. The lowest BCUT2D eigenvalue weighted by atomic mass is 10.00. The number of rotatable bonds is 4. The molecule has 0 aromatic heterocycles. The summed E-state index contributed by atoms with van der Waals surface area (Å²) in [6.07, 6.45) is 2.58. The van der Waals surface area contributed by atoms with Crippen LogP contribution in [0.5, 0.6) is 0 Å². The average Bonchev–Trinajstić information content (AvgIpc) is 2.51. The molecule has 2 atom stereocenters. The van der Waals surface area contributed by atoms with Crippen LogP contribution in [-0.2, 0) is 0 Å². The lowest BCUT2D eigenvalue weighted by molar-refractivity contribution is 0.209. The summed E-state index contributed by atoms with van der Waals surface area (Å²) in [6, 6.07) is 0.787. The van der Waals surface area contributed by atoms with Crippen molar-refractivity contribution in [2.75, 3.05) is 26.7 Å². The monoisotopic (exact) mass is 170 g/mol. The highest BCUT2D eigenvalue weighted by Gasteiger charge is 2.27. The molecule has 1 aliphatic rings. The van der Waals surface area contributed by atoms with E-state index >= 15 is 0 Å². The lowest BCUT2D eigenvalue weighted by Crippen LogP contribution is -2.38. The van der Waals surface area contributed by atoms with Gasteiger partial charge in [-0.25, -0.2) is 0 Å². The van der Waals surface area contributed by atoms with E-state index in [0.717, 1.165) is 12.0 Å². The van der Waals surface area contributed by atoms with E-state index in [9.17, 15) is 0 Å². The minimum Gasteiger partial charge on any atom is -0.315 e. The molecule has 2 heteroatoms. The zero-order valence-electron chi connectivity index (χ0n) is 8.64. The normalized spacial score (nSPS) is 30.0. The summed E-state index contributed by atoms with van der Waals surface area (Å²) in [5, 5.41) is 3.47. The molecule has 2 nitrogen and oxygen atoms in total. The third kappa shape index (κ3) is 2.20. The van der Waals surface area contributed by atoms with E-state index in [2.05, 4.69) is 31.1 Å². The predicted octanol–water partition coefficient (Wildman–Crippen LogP) is 1.33. The summed E-state index contributed by atoms with van der Waals surface area (Å²) in [6.45, 7) is 8.19. The van der Waals surface area contributed by atoms with E-state index in [-0.39, 0.29) is 0 Å². The number of nitrogens with zero attached hydrogens (tertiary/aromatic N) is 1. The summed E-state index contributed by atoms with van der Waals surface area (Å²) < 4.78 is 0. The van der Waals surface area contributed by atoms with Gasteiger partial charge in [0.2, 0.25) is 0 Å². The van der Waals surface area contributed by atoms with Crippen molar-refractivity contribution in [3.8, 4) is 0 Å². The Labute approximate surface area is 76.3 Å². The second-order valence-corrected chi connectivity index (χ2v) is 3.87. The van der Waals surface area contributed by atoms with Crippen molar-refractivity contribution in [2.24, 2.45) is 5.92 Å². The molecule has 0 radical (unpaired) electrons. The summed E-state index contributed by atoms with van der Waals surface area (Å²) in [4.78, 5) is 2.51. The minimum absolute atomic E-state index is 0.787. The molecule has 0 saturated carbocycles. The number of nitrogens with one attached hydrogen (secondary N) is 1. The van der Waals surface area contributed by atoms with Crippen LogP contribution in [0, 0.1) is 5.92 Å². The summed E-state index contributed by atoms with van der Waals surface area (Å²) in [5.41, 5.74) is 0. The highest BCUT2D eigenvalue weighted by Crippen LogP contribution is 2.17. The molecule has 1 fully saturated rings. The van der Waals surface area contributed by atoms with Crippen LogP contribution in [0.4, 0.5) is 0 Å². The summed E-state index contributed by atoms with van der Waals surface area (Å²) in [5.74, 6) is 0.876. The fourth-order valence-electron chi connectivity index (χ4n) is 2.17. The SMILES string of the molecule is CCCN(C)C1CNCC1CC. The Hall–Kier alpha value is -0.0800. The van der Waals surface area contributed by atoms with Gasteiger partial charge in [-0.1, -0.05) is 20.3 Å². The highest BCUT2D eigenvalue weighted by atomic mass is 15.2. The third-order valence-electron chi connectivity index (χ3n) is 2.97. The molecule has 12 heavy (non-hydrogen) atoms. The van der Waals surface area contributed by atoms with Gasteiger partial charge in [0.05, 0.1) is 0 Å². The van der Waals surface area contributed by atoms with Crippen LogP contribution in [0.15, 0.2) is 0 Å². The molecule has 1 heterocycles. The molecule has 0 amide bonds. The summed E-state index contributed by atoms with van der Waals surface area (Å²) >= 11 is 0. The van der Waals surface area contributed by atoms with Crippen molar-refractivity contribution in [3.05, 3.63) is 0 Å². The van der Waals surface area contributed by atoms with Crippen LogP contribution in [-0.4, -0.2) is 37.6 Å². The molecule has 1 aliphatic heterocycles. The molecule has 0 aromatic carbocycles. The highest BCUT2D eigenvalue weighted by molar-refractivity contribution is 4.86. The molecule has 1 saturated heterocycles. The maximum Gasteiger partial charge on any atom is 0.0257 e. The maximum atomic E-state index is 3.47. The van der Waals surface area contributed by atoms with Gasteiger partial charge in [0.25, 0.3) is 0 Å².